The fourth-order valence-electron chi connectivity index (χ4n) is 3.86. The molecule has 1 amide bonds. The van der Waals surface area contributed by atoms with Crippen LogP contribution in [0.15, 0.2) is 23.1 Å². The van der Waals surface area contributed by atoms with Crippen LogP contribution in [-0.4, -0.2) is 26.9 Å². The van der Waals surface area contributed by atoms with E-state index in [1.54, 1.807) is 18.2 Å². The van der Waals surface area contributed by atoms with Gasteiger partial charge in [0.2, 0.25) is 15.9 Å². The zero-order valence-electron chi connectivity index (χ0n) is 14.5. The molecule has 0 radical (unpaired) electrons. The molecule has 3 rings (SSSR count). The Morgan fingerprint density at radius 1 is 1.16 bits per heavy atom. The zero-order valence-corrected chi connectivity index (χ0v) is 15.3. The normalized spacial score (nSPS) is 20.4. The summed E-state index contributed by atoms with van der Waals surface area (Å²) in [7, 11) is -3.62. The number of sulfonamides is 1. The molecule has 0 saturated heterocycles. The number of benzene rings is 1. The fraction of sp³-hybridized carbons (Fsp3) is 0.611. The molecule has 0 aromatic heterocycles. The second-order valence-electron chi connectivity index (χ2n) is 7.08. The highest BCUT2D eigenvalue weighted by atomic mass is 32.2. The molecule has 1 heterocycles. The third-order valence-electron chi connectivity index (χ3n) is 5.29. The van der Waals surface area contributed by atoms with Crippen molar-refractivity contribution in [2.45, 2.75) is 62.3 Å². The molecule has 1 aromatic carbocycles. The van der Waals surface area contributed by atoms with Gasteiger partial charge in [-0.25, -0.2) is 13.1 Å². The molecule has 1 atom stereocenters. The van der Waals surface area contributed by atoms with E-state index in [-0.39, 0.29) is 16.8 Å². The highest BCUT2D eigenvalue weighted by Crippen LogP contribution is 2.28. The summed E-state index contributed by atoms with van der Waals surface area (Å²) < 4.78 is 28.5. The summed E-state index contributed by atoms with van der Waals surface area (Å²) in [6.07, 6.45) is 7.44. The lowest BCUT2D eigenvalue weighted by Crippen LogP contribution is -2.45. The molecule has 6 nitrogen and oxygen atoms in total. The van der Waals surface area contributed by atoms with Crippen molar-refractivity contribution in [1.82, 2.24) is 4.72 Å². The number of anilines is 1. The average Bonchev–Trinajstić information content (AvgIpc) is 2.80. The first kappa shape index (κ1) is 18.4. The van der Waals surface area contributed by atoms with Crippen molar-refractivity contribution < 1.29 is 13.2 Å². The standard InChI is InChI=1S/C18H27N3O3S/c19-12-17(13-5-2-1-3-6-13)21-25(23,24)15-9-10-16-14(11-15)7-4-8-18(22)20-16/h9-11,13,17,21H,1-8,12,19H2,(H,20,22). The maximum Gasteiger partial charge on any atom is 0.240 e. The summed E-state index contributed by atoms with van der Waals surface area (Å²) in [5, 5.41) is 2.83. The van der Waals surface area contributed by atoms with Gasteiger partial charge in [-0.2, -0.15) is 0 Å². The minimum Gasteiger partial charge on any atom is -0.329 e. The van der Waals surface area contributed by atoms with E-state index in [1.807, 2.05) is 0 Å². The van der Waals surface area contributed by atoms with E-state index >= 15 is 0 Å². The average molecular weight is 365 g/mol. The Labute approximate surface area is 149 Å². The van der Waals surface area contributed by atoms with Crippen LogP contribution in [0.1, 0.15) is 50.5 Å². The van der Waals surface area contributed by atoms with Crippen LogP contribution >= 0.6 is 0 Å². The summed E-state index contributed by atoms with van der Waals surface area (Å²) in [6, 6.07) is 4.70. The van der Waals surface area contributed by atoms with E-state index in [1.165, 1.54) is 6.42 Å². The highest BCUT2D eigenvalue weighted by Gasteiger charge is 2.28. The van der Waals surface area contributed by atoms with Crippen molar-refractivity contribution >= 4 is 21.6 Å². The molecule has 1 saturated carbocycles. The maximum atomic E-state index is 12.8. The molecule has 2 aliphatic rings. The van der Waals surface area contributed by atoms with Crippen molar-refractivity contribution in [3.8, 4) is 0 Å². The van der Waals surface area contributed by atoms with Crippen molar-refractivity contribution in [1.29, 1.82) is 0 Å². The molecule has 0 bridgehead atoms. The minimum atomic E-state index is -3.62. The molecule has 1 aliphatic carbocycles. The molecule has 1 fully saturated rings. The van der Waals surface area contributed by atoms with E-state index < -0.39 is 10.0 Å². The van der Waals surface area contributed by atoms with Crippen molar-refractivity contribution in [3.63, 3.8) is 0 Å². The van der Waals surface area contributed by atoms with Crippen LogP contribution < -0.4 is 15.8 Å². The lowest BCUT2D eigenvalue weighted by atomic mass is 9.84. The van der Waals surface area contributed by atoms with E-state index in [2.05, 4.69) is 10.0 Å². The maximum absolute atomic E-state index is 12.8. The molecule has 4 N–H and O–H groups in total. The first-order valence-electron chi connectivity index (χ1n) is 9.15. The van der Waals surface area contributed by atoms with Gasteiger partial charge in [0, 0.05) is 24.7 Å². The van der Waals surface area contributed by atoms with E-state index in [9.17, 15) is 13.2 Å². The molecule has 138 valence electrons. The Morgan fingerprint density at radius 3 is 2.64 bits per heavy atom. The SMILES string of the molecule is NCC(NS(=O)(=O)c1ccc2c(c1)CCCC(=O)N2)C1CCCCC1. The Hall–Kier alpha value is -1.44. The first-order valence-corrected chi connectivity index (χ1v) is 10.6. The highest BCUT2D eigenvalue weighted by molar-refractivity contribution is 7.89. The molecule has 7 heteroatoms. The topological polar surface area (TPSA) is 101 Å². The number of hydrogen-bond donors (Lipinski definition) is 3. The quantitative estimate of drug-likeness (QED) is 0.744. The third kappa shape index (κ3) is 4.40. The summed E-state index contributed by atoms with van der Waals surface area (Å²) >= 11 is 0. The summed E-state index contributed by atoms with van der Waals surface area (Å²) in [5.74, 6) is 0.293. The zero-order chi connectivity index (χ0) is 17.9. The monoisotopic (exact) mass is 365 g/mol. The van der Waals surface area contributed by atoms with E-state index in [0.717, 1.165) is 37.7 Å². The number of rotatable bonds is 5. The van der Waals surface area contributed by atoms with E-state index in [0.29, 0.717) is 31.0 Å². The van der Waals surface area contributed by atoms with Gasteiger partial charge in [0.25, 0.3) is 0 Å². The number of amides is 1. The van der Waals surface area contributed by atoms with Crippen LogP contribution in [0.2, 0.25) is 0 Å². The van der Waals surface area contributed by atoms with Crippen molar-refractivity contribution in [2.24, 2.45) is 11.7 Å². The van der Waals surface area contributed by atoms with Gasteiger partial charge in [0.1, 0.15) is 0 Å². The molecular weight excluding hydrogens is 338 g/mol. The number of aryl methyl sites for hydroxylation is 1. The van der Waals surface area contributed by atoms with Crippen molar-refractivity contribution in [2.75, 3.05) is 11.9 Å². The summed E-state index contributed by atoms with van der Waals surface area (Å²) in [5.41, 5.74) is 7.44. The van der Waals surface area contributed by atoms with Crippen LogP contribution in [0.25, 0.3) is 0 Å². The molecule has 1 aliphatic heterocycles. The fourth-order valence-corrected chi connectivity index (χ4v) is 5.23. The molecule has 1 aromatic rings. The summed E-state index contributed by atoms with van der Waals surface area (Å²) in [6.45, 7) is 0.310. The second kappa shape index (κ2) is 7.85. The van der Waals surface area contributed by atoms with Crippen LogP contribution in [0, 0.1) is 5.92 Å². The van der Waals surface area contributed by atoms with Gasteiger partial charge in [-0.3, -0.25) is 4.79 Å². The smallest absolute Gasteiger partial charge is 0.240 e. The lowest BCUT2D eigenvalue weighted by Gasteiger charge is -2.29. The number of fused-ring (bicyclic) bond motifs is 1. The van der Waals surface area contributed by atoms with Crippen LogP contribution in [-0.2, 0) is 21.2 Å². The largest absolute Gasteiger partial charge is 0.329 e. The Balaban J connectivity index is 1.79. The Bertz CT molecular complexity index is 727. The number of carbonyl (C=O) groups excluding carboxylic acids is 1. The van der Waals surface area contributed by atoms with E-state index in [4.69, 9.17) is 5.73 Å². The van der Waals surface area contributed by atoms with Gasteiger partial charge < -0.3 is 11.1 Å². The van der Waals surface area contributed by atoms with Gasteiger partial charge in [0.15, 0.2) is 0 Å². The molecule has 25 heavy (non-hydrogen) atoms. The Morgan fingerprint density at radius 2 is 1.92 bits per heavy atom. The summed E-state index contributed by atoms with van der Waals surface area (Å²) in [4.78, 5) is 11.9. The minimum absolute atomic E-state index is 0.0204. The van der Waals surface area contributed by atoms with Crippen LogP contribution in [0.5, 0.6) is 0 Å². The van der Waals surface area contributed by atoms with Crippen molar-refractivity contribution in [3.05, 3.63) is 23.8 Å². The second-order valence-corrected chi connectivity index (χ2v) is 8.80. The predicted octanol–water partition coefficient (Wildman–Crippen LogP) is 2.15. The van der Waals surface area contributed by atoms with Gasteiger partial charge in [-0.05, 0) is 55.4 Å². The van der Waals surface area contributed by atoms with Gasteiger partial charge >= 0.3 is 0 Å². The molecule has 1 unspecified atom stereocenters. The van der Waals surface area contributed by atoms with Gasteiger partial charge in [-0.15, -0.1) is 0 Å². The first-order chi connectivity index (χ1) is 12.0. The van der Waals surface area contributed by atoms with Gasteiger partial charge in [-0.1, -0.05) is 19.3 Å². The number of hydrogen-bond acceptors (Lipinski definition) is 4. The molecular formula is C18H27N3O3S. The lowest BCUT2D eigenvalue weighted by molar-refractivity contribution is -0.116. The van der Waals surface area contributed by atoms with Gasteiger partial charge in [0.05, 0.1) is 4.90 Å². The third-order valence-corrected chi connectivity index (χ3v) is 6.78. The molecule has 0 spiro atoms. The van der Waals surface area contributed by atoms with Crippen LogP contribution in [0.4, 0.5) is 5.69 Å². The van der Waals surface area contributed by atoms with Crippen LogP contribution in [0.3, 0.4) is 0 Å². The number of carbonyl (C=O) groups is 1. The number of nitrogens with two attached hydrogens (primary N) is 1. The Kier molecular flexibility index (Phi) is 5.76. The number of nitrogens with one attached hydrogen (secondary N) is 2. The predicted molar refractivity (Wildman–Crippen MR) is 97.7 cm³/mol.